The Bertz CT molecular complexity index is 1050. The molecule has 1 aliphatic carbocycles. The minimum Gasteiger partial charge on any atom is -0.357 e. The number of nitrogens with one attached hydrogen (secondary N) is 2. The molecule has 3 rings (SSSR count). The van der Waals surface area contributed by atoms with Crippen LogP contribution in [0.2, 0.25) is 5.02 Å². The quantitative estimate of drug-likeness (QED) is 0.550. The van der Waals surface area contributed by atoms with Crippen LogP contribution in [0.3, 0.4) is 0 Å². The molecule has 7 nitrogen and oxygen atoms in total. The molecule has 0 spiro atoms. The van der Waals surface area contributed by atoms with Crippen LogP contribution >= 0.6 is 11.6 Å². The van der Waals surface area contributed by atoms with E-state index in [1.165, 1.54) is 7.05 Å². The number of aryl methyl sites for hydroxylation is 1. The third-order valence-corrected chi connectivity index (χ3v) is 7.23. The summed E-state index contributed by atoms with van der Waals surface area (Å²) in [5.74, 6) is -0.409. The first kappa shape index (κ1) is 24.2. The van der Waals surface area contributed by atoms with E-state index in [9.17, 15) is 18.0 Å². The predicted octanol–water partition coefficient (Wildman–Crippen LogP) is 2.88. The average molecular weight is 478 g/mol. The lowest BCUT2D eigenvalue weighted by atomic mass is 10.1. The lowest BCUT2D eigenvalue weighted by molar-refractivity contribution is -0.140. The van der Waals surface area contributed by atoms with Crippen molar-refractivity contribution in [3.8, 4) is 0 Å². The smallest absolute Gasteiger partial charge is 0.242 e. The van der Waals surface area contributed by atoms with Crippen molar-refractivity contribution in [1.82, 2.24) is 14.9 Å². The molecule has 2 amide bonds. The van der Waals surface area contributed by atoms with E-state index in [2.05, 4.69) is 10.0 Å². The molecular weight excluding hydrogens is 450 g/mol. The average Bonchev–Trinajstić information content (AvgIpc) is 3.59. The second-order valence-corrected chi connectivity index (χ2v) is 10.1. The van der Waals surface area contributed by atoms with Gasteiger partial charge in [0.25, 0.3) is 0 Å². The van der Waals surface area contributed by atoms with Gasteiger partial charge in [0.15, 0.2) is 0 Å². The predicted molar refractivity (Wildman–Crippen MR) is 124 cm³/mol. The Balaban J connectivity index is 1.65. The van der Waals surface area contributed by atoms with Crippen molar-refractivity contribution in [1.29, 1.82) is 0 Å². The summed E-state index contributed by atoms with van der Waals surface area (Å²) in [7, 11) is -1.96. The molecule has 0 aliphatic heterocycles. The third-order valence-electron chi connectivity index (χ3n) is 5.44. The van der Waals surface area contributed by atoms with Gasteiger partial charge in [-0.05, 0) is 61.6 Å². The van der Waals surface area contributed by atoms with E-state index in [0.717, 1.165) is 24.0 Å². The van der Waals surface area contributed by atoms with E-state index in [1.54, 1.807) is 48.2 Å². The topological polar surface area (TPSA) is 95.6 Å². The van der Waals surface area contributed by atoms with Gasteiger partial charge in [-0.1, -0.05) is 35.9 Å². The molecule has 32 heavy (non-hydrogen) atoms. The summed E-state index contributed by atoms with van der Waals surface area (Å²) in [6, 6.07) is 13.1. The second-order valence-electron chi connectivity index (χ2n) is 7.98. The van der Waals surface area contributed by atoms with Crippen molar-refractivity contribution in [2.24, 2.45) is 0 Å². The molecule has 172 valence electrons. The van der Waals surface area contributed by atoms with Crippen LogP contribution in [0.25, 0.3) is 0 Å². The van der Waals surface area contributed by atoms with Crippen molar-refractivity contribution in [3.05, 3.63) is 64.7 Å². The first-order valence-electron chi connectivity index (χ1n) is 10.6. The third kappa shape index (κ3) is 6.54. The summed E-state index contributed by atoms with van der Waals surface area (Å²) in [5.41, 5.74) is 1.72. The maximum Gasteiger partial charge on any atom is 0.242 e. The lowest BCUT2D eigenvalue weighted by Gasteiger charge is -2.28. The molecule has 0 radical (unpaired) electrons. The van der Waals surface area contributed by atoms with Crippen LogP contribution < -0.4 is 10.0 Å². The Morgan fingerprint density at radius 3 is 2.22 bits per heavy atom. The fourth-order valence-electron chi connectivity index (χ4n) is 3.30. The van der Waals surface area contributed by atoms with Crippen molar-refractivity contribution >= 4 is 33.4 Å². The molecule has 0 heterocycles. The zero-order valence-corrected chi connectivity index (χ0v) is 19.7. The number of carbonyl (C=O) groups is 2. The first-order chi connectivity index (χ1) is 15.2. The number of carbonyl (C=O) groups excluding carboxylic acids is 2. The number of hydrogen-bond acceptors (Lipinski definition) is 4. The molecule has 9 heteroatoms. The Kier molecular flexibility index (Phi) is 7.92. The van der Waals surface area contributed by atoms with Crippen LogP contribution in [-0.4, -0.2) is 44.3 Å². The molecule has 0 aromatic heterocycles. The number of hydrogen-bond donors (Lipinski definition) is 2. The van der Waals surface area contributed by atoms with Crippen molar-refractivity contribution < 1.29 is 18.0 Å². The van der Waals surface area contributed by atoms with Crippen LogP contribution in [0.5, 0.6) is 0 Å². The molecule has 2 N–H and O–H groups in total. The minimum absolute atomic E-state index is 0.0474. The van der Waals surface area contributed by atoms with E-state index in [-0.39, 0.29) is 35.7 Å². The minimum atomic E-state index is -3.50. The molecule has 1 aliphatic rings. The number of likely N-dealkylation sites (N-methyl/N-ethyl adjacent to an activating group) is 1. The van der Waals surface area contributed by atoms with Gasteiger partial charge in [0.1, 0.15) is 6.04 Å². The van der Waals surface area contributed by atoms with Crippen molar-refractivity contribution in [2.45, 2.75) is 56.1 Å². The van der Waals surface area contributed by atoms with Gasteiger partial charge < -0.3 is 10.2 Å². The number of amides is 2. The van der Waals surface area contributed by atoms with E-state index >= 15 is 0 Å². The highest BCUT2D eigenvalue weighted by molar-refractivity contribution is 7.89. The summed E-state index contributed by atoms with van der Waals surface area (Å²) in [4.78, 5) is 27.0. The molecule has 1 atom stereocenters. The monoisotopic (exact) mass is 477 g/mol. The molecule has 2 aromatic rings. The number of nitrogens with zero attached hydrogens (tertiary/aromatic N) is 1. The second kappa shape index (κ2) is 10.5. The Morgan fingerprint density at radius 1 is 1.06 bits per heavy atom. The standard InChI is InChI=1S/C23H28ClN3O4S/c1-16(23(29)25-2)27(15-18-3-8-19(24)9-4-18)22(28)14-7-17-5-12-21(13-6-17)32(30,31)26-20-10-11-20/h3-6,8-9,12-13,16,20,26H,7,10-11,14-15H2,1-2H3,(H,25,29)/t16-/m1/s1. The van der Waals surface area contributed by atoms with Gasteiger partial charge in [-0.2, -0.15) is 0 Å². The summed E-state index contributed by atoms with van der Waals surface area (Å²) in [6.07, 6.45) is 2.38. The summed E-state index contributed by atoms with van der Waals surface area (Å²) in [5, 5.41) is 3.19. The number of sulfonamides is 1. The van der Waals surface area contributed by atoms with Crippen LogP contribution in [0.1, 0.15) is 37.3 Å². The van der Waals surface area contributed by atoms with E-state index < -0.39 is 16.1 Å². The molecule has 0 saturated heterocycles. The number of rotatable bonds is 10. The number of halogens is 1. The maximum absolute atomic E-state index is 13.0. The van der Waals surface area contributed by atoms with Gasteiger partial charge in [0, 0.05) is 31.1 Å². The van der Waals surface area contributed by atoms with E-state index in [1.807, 2.05) is 12.1 Å². The van der Waals surface area contributed by atoms with Crippen LogP contribution in [0.15, 0.2) is 53.4 Å². The highest BCUT2D eigenvalue weighted by atomic mass is 35.5. The number of benzene rings is 2. The lowest BCUT2D eigenvalue weighted by Crippen LogP contribution is -2.46. The van der Waals surface area contributed by atoms with Gasteiger partial charge in [-0.3, -0.25) is 9.59 Å². The molecule has 2 aromatic carbocycles. The van der Waals surface area contributed by atoms with Crippen molar-refractivity contribution in [3.63, 3.8) is 0 Å². The van der Waals surface area contributed by atoms with E-state index in [4.69, 9.17) is 11.6 Å². The summed E-state index contributed by atoms with van der Waals surface area (Å²) in [6.45, 7) is 1.98. The van der Waals surface area contributed by atoms with Crippen LogP contribution in [0.4, 0.5) is 0 Å². The first-order valence-corrected chi connectivity index (χ1v) is 12.4. The van der Waals surface area contributed by atoms with Crippen LogP contribution in [0, 0.1) is 0 Å². The van der Waals surface area contributed by atoms with Gasteiger partial charge in [-0.15, -0.1) is 0 Å². The molecule has 1 fully saturated rings. The summed E-state index contributed by atoms with van der Waals surface area (Å²) < 4.78 is 27.2. The fraction of sp³-hybridized carbons (Fsp3) is 0.391. The van der Waals surface area contributed by atoms with Gasteiger partial charge in [0.05, 0.1) is 4.90 Å². The largest absolute Gasteiger partial charge is 0.357 e. The Hall–Kier alpha value is -2.42. The molecule has 1 saturated carbocycles. The van der Waals surface area contributed by atoms with Gasteiger partial charge >= 0.3 is 0 Å². The maximum atomic E-state index is 13.0. The Labute approximate surface area is 194 Å². The SMILES string of the molecule is CNC(=O)[C@@H](C)N(Cc1ccc(Cl)cc1)C(=O)CCc1ccc(S(=O)(=O)NC2CC2)cc1. The highest BCUT2D eigenvalue weighted by Gasteiger charge is 2.28. The fourth-order valence-corrected chi connectivity index (χ4v) is 4.73. The normalized spacial score (nSPS) is 14.6. The Morgan fingerprint density at radius 2 is 1.66 bits per heavy atom. The molecule has 0 bridgehead atoms. The summed E-state index contributed by atoms with van der Waals surface area (Å²) >= 11 is 5.94. The van der Waals surface area contributed by atoms with Gasteiger partial charge in [0.2, 0.25) is 21.8 Å². The molecule has 0 unspecified atom stereocenters. The molecular formula is C23H28ClN3O4S. The van der Waals surface area contributed by atoms with Gasteiger partial charge in [-0.25, -0.2) is 13.1 Å². The zero-order valence-electron chi connectivity index (χ0n) is 18.2. The van der Waals surface area contributed by atoms with E-state index in [0.29, 0.717) is 11.4 Å². The van der Waals surface area contributed by atoms with Crippen LogP contribution in [-0.2, 0) is 32.6 Å². The van der Waals surface area contributed by atoms with Crippen molar-refractivity contribution in [2.75, 3.05) is 7.05 Å². The highest BCUT2D eigenvalue weighted by Crippen LogP contribution is 2.22. The zero-order chi connectivity index (χ0) is 23.3.